The molecule has 1 aromatic heterocycles. The molecule has 2 N–H and O–H groups in total. The van der Waals surface area contributed by atoms with E-state index in [9.17, 15) is 0 Å². The van der Waals surface area contributed by atoms with Crippen molar-refractivity contribution in [2.24, 2.45) is 17.1 Å². The summed E-state index contributed by atoms with van der Waals surface area (Å²) < 4.78 is 2.57. The lowest BCUT2D eigenvalue weighted by atomic mass is 9.74. The predicted octanol–water partition coefficient (Wildman–Crippen LogP) is 4.77. The average molecular weight is 276 g/mol. The fourth-order valence-electron chi connectivity index (χ4n) is 3.94. The molecule has 0 saturated heterocycles. The first-order valence-electron chi connectivity index (χ1n) is 8.21. The number of nitrogens with two attached hydrogens (primary N) is 1. The zero-order valence-corrected chi connectivity index (χ0v) is 14.2. The van der Waals surface area contributed by atoms with Crippen LogP contribution in [0.4, 0.5) is 0 Å². The molecule has 2 heteroatoms. The van der Waals surface area contributed by atoms with Crippen molar-refractivity contribution in [3.63, 3.8) is 0 Å². The largest absolute Gasteiger partial charge is 0.346 e. The second-order valence-corrected chi connectivity index (χ2v) is 7.81. The number of nitrogens with zero attached hydrogens (tertiary/aromatic N) is 1. The van der Waals surface area contributed by atoms with Gasteiger partial charge in [-0.3, -0.25) is 0 Å². The molecule has 0 aliphatic heterocycles. The maximum Gasteiger partial charge on any atom is 0.0318 e. The van der Waals surface area contributed by atoms with Gasteiger partial charge < -0.3 is 10.3 Å². The van der Waals surface area contributed by atoms with Crippen LogP contribution in [0.1, 0.15) is 82.9 Å². The van der Waals surface area contributed by atoms with Crippen molar-refractivity contribution < 1.29 is 0 Å². The summed E-state index contributed by atoms with van der Waals surface area (Å²) in [5.41, 5.74) is 11.0. The molecular weight excluding hydrogens is 244 g/mol. The van der Waals surface area contributed by atoms with Gasteiger partial charge in [0.25, 0.3) is 0 Å². The van der Waals surface area contributed by atoms with Crippen LogP contribution in [0.3, 0.4) is 0 Å². The van der Waals surface area contributed by atoms with E-state index in [4.69, 9.17) is 5.73 Å². The van der Waals surface area contributed by atoms with Crippen LogP contribution >= 0.6 is 0 Å². The molecule has 1 heterocycles. The molecule has 0 aromatic carbocycles. The summed E-state index contributed by atoms with van der Waals surface area (Å²) in [5.74, 6) is 0.785. The van der Waals surface area contributed by atoms with Crippen LogP contribution in [0.15, 0.2) is 6.07 Å². The van der Waals surface area contributed by atoms with Crippen LogP contribution < -0.4 is 5.73 Å². The Kier molecular flexibility index (Phi) is 4.34. The lowest BCUT2D eigenvalue weighted by Gasteiger charge is -2.35. The molecule has 0 bridgehead atoms. The SMILES string of the molecule is CCC(C)CC(C)n1c(C)cc2c1CC(C)(C)CC2N. The predicted molar refractivity (Wildman–Crippen MR) is 87.0 cm³/mol. The van der Waals surface area contributed by atoms with E-state index in [2.05, 4.69) is 52.2 Å². The average Bonchev–Trinajstić information content (AvgIpc) is 2.64. The third kappa shape index (κ3) is 2.95. The fourth-order valence-corrected chi connectivity index (χ4v) is 3.94. The van der Waals surface area contributed by atoms with Gasteiger partial charge in [0.2, 0.25) is 0 Å². The monoisotopic (exact) mass is 276 g/mol. The van der Waals surface area contributed by atoms with Gasteiger partial charge in [-0.25, -0.2) is 0 Å². The first-order valence-corrected chi connectivity index (χ1v) is 8.21. The number of hydrogen-bond acceptors (Lipinski definition) is 1. The van der Waals surface area contributed by atoms with E-state index in [0.29, 0.717) is 11.5 Å². The van der Waals surface area contributed by atoms with E-state index >= 15 is 0 Å². The second kappa shape index (κ2) is 5.55. The summed E-state index contributed by atoms with van der Waals surface area (Å²) in [5, 5.41) is 0. The summed E-state index contributed by atoms with van der Waals surface area (Å²) in [4.78, 5) is 0. The Morgan fingerprint density at radius 2 is 2.05 bits per heavy atom. The van der Waals surface area contributed by atoms with Crippen LogP contribution in [-0.4, -0.2) is 4.57 Å². The van der Waals surface area contributed by atoms with Gasteiger partial charge in [-0.15, -0.1) is 0 Å². The topological polar surface area (TPSA) is 30.9 Å². The maximum atomic E-state index is 6.42. The third-order valence-electron chi connectivity index (χ3n) is 5.07. The second-order valence-electron chi connectivity index (χ2n) is 7.81. The Hall–Kier alpha value is -0.760. The number of rotatable bonds is 4. The standard InChI is InChI=1S/C18H32N2/c1-7-12(2)8-13(3)20-14(4)9-15-16(19)10-18(5,6)11-17(15)20/h9,12-13,16H,7-8,10-11,19H2,1-6H3. The minimum atomic E-state index is 0.212. The fraction of sp³-hybridized carbons (Fsp3) is 0.778. The van der Waals surface area contributed by atoms with E-state index in [1.165, 1.54) is 29.8 Å². The van der Waals surface area contributed by atoms with Crippen molar-refractivity contribution in [2.45, 2.75) is 79.3 Å². The highest BCUT2D eigenvalue weighted by Crippen LogP contribution is 2.42. The van der Waals surface area contributed by atoms with Gasteiger partial charge in [0.1, 0.15) is 0 Å². The van der Waals surface area contributed by atoms with Gasteiger partial charge in [-0.2, -0.15) is 0 Å². The van der Waals surface area contributed by atoms with Crippen LogP contribution in [0, 0.1) is 18.3 Å². The van der Waals surface area contributed by atoms with Gasteiger partial charge >= 0.3 is 0 Å². The zero-order valence-electron chi connectivity index (χ0n) is 14.2. The van der Waals surface area contributed by atoms with Gasteiger partial charge in [0.15, 0.2) is 0 Å². The highest BCUT2D eigenvalue weighted by Gasteiger charge is 2.34. The van der Waals surface area contributed by atoms with Crippen LogP contribution in [0.2, 0.25) is 0 Å². The smallest absolute Gasteiger partial charge is 0.0318 e. The molecule has 3 atom stereocenters. The van der Waals surface area contributed by atoms with Gasteiger partial charge in [-0.05, 0) is 56.1 Å². The molecule has 0 radical (unpaired) electrons. The van der Waals surface area contributed by atoms with Crippen molar-refractivity contribution >= 4 is 0 Å². The third-order valence-corrected chi connectivity index (χ3v) is 5.07. The Morgan fingerprint density at radius 1 is 1.40 bits per heavy atom. The first-order chi connectivity index (χ1) is 9.25. The number of aryl methyl sites for hydroxylation is 1. The van der Waals surface area contributed by atoms with Crippen molar-refractivity contribution in [1.82, 2.24) is 4.57 Å². The normalized spacial score (nSPS) is 24.2. The first kappa shape index (κ1) is 15.6. The summed E-state index contributed by atoms with van der Waals surface area (Å²) in [6.07, 6.45) is 4.78. The lowest BCUT2D eigenvalue weighted by Crippen LogP contribution is -2.31. The highest BCUT2D eigenvalue weighted by molar-refractivity contribution is 5.34. The van der Waals surface area contributed by atoms with E-state index in [1.54, 1.807) is 0 Å². The number of fused-ring (bicyclic) bond motifs is 1. The van der Waals surface area contributed by atoms with E-state index in [1.807, 2.05) is 0 Å². The molecule has 114 valence electrons. The van der Waals surface area contributed by atoms with Gasteiger partial charge in [0.05, 0.1) is 0 Å². The van der Waals surface area contributed by atoms with Crippen LogP contribution in [0.5, 0.6) is 0 Å². The van der Waals surface area contributed by atoms with Crippen molar-refractivity contribution in [3.8, 4) is 0 Å². The molecule has 1 aromatic rings. The highest BCUT2D eigenvalue weighted by atomic mass is 15.0. The van der Waals surface area contributed by atoms with E-state index in [0.717, 1.165) is 18.8 Å². The van der Waals surface area contributed by atoms with Crippen molar-refractivity contribution in [3.05, 3.63) is 23.0 Å². The van der Waals surface area contributed by atoms with Crippen molar-refractivity contribution in [2.75, 3.05) is 0 Å². The molecule has 20 heavy (non-hydrogen) atoms. The molecule has 0 amide bonds. The quantitative estimate of drug-likeness (QED) is 0.844. The molecule has 2 nitrogen and oxygen atoms in total. The minimum Gasteiger partial charge on any atom is -0.346 e. The van der Waals surface area contributed by atoms with Crippen LogP contribution in [0.25, 0.3) is 0 Å². The molecule has 1 aliphatic carbocycles. The number of aromatic nitrogens is 1. The molecule has 1 aliphatic rings. The van der Waals surface area contributed by atoms with Crippen molar-refractivity contribution in [1.29, 1.82) is 0 Å². The summed E-state index contributed by atoms with van der Waals surface area (Å²) >= 11 is 0. The zero-order chi connectivity index (χ0) is 15.1. The molecule has 0 saturated carbocycles. The van der Waals surface area contributed by atoms with Gasteiger partial charge in [-0.1, -0.05) is 34.1 Å². The minimum absolute atomic E-state index is 0.212. The van der Waals surface area contributed by atoms with Crippen LogP contribution in [-0.2, 0) is 6.42 Å². The Labute approximate surface area is 124 Å². The summed E-state index contributed by atoms with van der Waals surface area (Å²) in [6.45, 7) is 14.0. The Morgan fingerprint density at radius 3 is 2.65 bits per heavy atom. The maximum absolute atomic E-state index is 6.42. The molecule has 3 unspecified atom stereocenters. The summed E-state index contributed by atoms with van der Waals surface area (Å²) in [6, 6.07) is 3.13. The molecule has 2 rings (SSSR count). The van der Waals surface area contributed by atoms with Gasteiger partial charge in [0, 0.05) is 23.5 Å². The summed E-state index contributed by atoms with van der Waals surface area (Å²) in [7, 11) is 0. The molecular formula is C18H32N2. The van der Waals surface area contributed by atoms with E-state index < -0.39 is 0 Å². The Balaban J connectivity index is 2.36. The number of hydrogen-bond donors (Lipinski definition) is 1. The molecule has 0 spiro atoms. The lowest BCUT2D eigenvalue weighted by molar-refractivity contribution is 0.268. The molecule has 0 fully saturated rings. The van der Waals surface area contributed by atoms with E-state index in [-0.39, 0.29) is 6.04 Å². The Bertz CT molecular complexity index is 470.